The smallest absolute Gasteiger partial charge is 0.503 e. The Balaban J connectivity index is 0.000000397. The number of benzene rings is 1. The molecule has 1 aromatic carbocycles. The van der Waals surface area contributed by atoms with Crippen LogP contribution in [0.5, 0.6) is 5.75 Å². The molecule has 3 N–H and O–H groups in total. The summed E-state index contributed by atoms with van der Waals surface area (Å²) in [6.07, 6.45) is -0.165. The number of para-hydroxylation sites is 1. The first-order chi connectivity index (χ1) is 7.11. The SMILES string of the molecule is O=C(O)O.Oc1cccc2cccnc12.[Cr]. The molecule has 0 unspecified atom stereocenters. The minimum Gasteiger partial charge on any atom is -0.506 e. The second kappa shape index (κ2) is 6.67. The zero-order valence-corrected chi connectivity index (χ0v) is 9.34. The van der Waals surface area contributed by atoms with Crippen molar-refractivity contribution >= 4 is 17.1 Å². The maximum Gasteiger partial charge on any atom is 0.503 e. The minimum atomic E-state index is -1.83. The minimum absolute atomic E-state index is 0. The molecule has 2 aromatic rings. The third kappa shape index (κ3) is 4.17. The summed E-state index contributed by atoms with van der Waals surface area (Å²) < 4.78 is 0. The van der Waals surface area contributed by atoms with Crippen molar-refractivity contribution in [3.63, 3.8) is 0 Å². The van der Waals surface area contributed by atoms with Crippen LogP contribution in [-0.4, -0.2) is 26.5 Å². The van der Waals surface area contributed by atoms with Crippen molar-refractivity contribution in [1.82, 2.24) is 4.98 Å². The molecule has 0 amide bonds. The molecule has 1 heterocycles. The summed E-state index contributed by atoms with van der Waals surface area (Å²) in [6.45, 7) is 0. The van der Waals surface area contributed by atoms with Gasteiger partial charge in [-0.2, -0.15) is 0 Å². The van der Waals surface area contributed by atoms with Gasteiger partial charge in [0.05, 0.1) is 0 Å². The van der Waals surface area contributed by atoms with Crippen LogP contribution in [0, 0.1) is 0 Å². The second-order valence-corrected chi connectivity index (χ2v) is 2.63. The van der Waals surface area contributed by atoms with Gasteiger partial charge >= 0.3 is 6.16 Å². The van der Waals surface area contributed by atoms with E-state index < -0.39 is 6.16 Å². The van der Waals surface area contributed by atoms with Gasteiger partial charge < -0.3 is 15.3 Å². The van der Waals surface area contributed by atoms with Crippen LogP contribution in [0.15, 0.2) is 36.5 Å². The van der Waals surface area contributed by atoms with Gasteiger partial charge in [-0.15, -0.1) is 0 Å². The van der Waals surface area contributed by atoms with E-state index in [1.807, 2.05) is 18.2 Å². The van der Waals surface area contributed by atoms with Crippen molar-refractivity contribution in [3.05, 3.63) is 36.5 Å². The van der Waals surface area contributed by atoms with Gasteiger partial charge in [0, 0.05) is 28.9 Å². The summed E-state index contributed by atoms with van der Waals surface area (Å²) in [7, 11) is 0. The third-order valence-corrected chi connectivity index (χ3v) is 1.61. The number of rotatable bonds is 0. The Bertz CT molecular complexity index is 466. The molecule has 84 valence electrons. The van der Waals surface area contributed by atoms with Crippen LogP contribution in [-0.2, 0) is 17.4 Å². The van der Waals surface area contributed by atoms with E-state index in [0.29, 0.717) is 5.52 Å². The van der Waals surface area contributed by atoms with Crippen LogP contribution >= 0.6 is 0 Å². The van der Waals surface area contributed by atoms with E-state index in [4.69, 9.17) is 15.0 Å². The average molecular weight is 259 g/mol. The molecule has 5 nitrogen and oxygen atoms in total. The predicted molar refractivity (Wildman–Crippen MR) is 54.1 cm³/mol. The molecule has 0 spiro atoms. The van der Waals surface area contributed by atoms with Crippen molar-refractivity contribution in [2.75, 3.05) is 0 Å². The maximum absolute atomic E-state index is 9.31. The fourth-order valence-corrected chi connectivity index (χ4v) is 1.09. The second-order valence-electron chi connectivity index (χ2n) is 2.63. The number of aromatic hydroxyl groups is 1. The zero-order valence-electron chi connectivity index (χ0n) is 8.07. The molecule has 2 rings (SSSR count). The van der Waals surface area contributed by atoms with Crippen molar-refractivity contribution in [1.29, 1.82) is 0 Å². The van der Waals surface area contributed by atoms with E-state index in [0.717, 1.165) is 5.39 Å². The Hall–Kier alpha value is -1.77. The first-order valence-electron chi connectivity index (χ1n) is 4.06. The predicted octanol–water partition coefficient (Wildman–Crippen LogP) is 2.16. The largest absolute Gasteiger partial charge is 0.506 e. The summed E-state index contributed by atoms with van der Waals surface area (Å²) in [5, 5.41) is 24.2. The van der Waals surface area contributed by atoms with Gasteiger partial charge in [-0.3, -0.25) is 4.98 Å². The molecule has 0 bridgehead atoms. The van der Waals surface area contributed by atoms with E-state index in [9.17, 15) is 5.11 Å². The zero-order chi connectivity index (χ0) is 11.3. The van der Waals surface area contributed by atoms with E-state index in [1.54, 1.807) is 18.3 Å². The van der Waals surface area contributed by atoms with Crippen molar-refractivity contribution in [2.45, 2.75) is 0 Å². The number of aromatic nitrogens is 1. The number of carboxylic acid groups (broad SMARTS) is 2. The van der Waals surface area contributed by atoms with Crippen LogP contribution in [0.4, 0.5) is 4.79 Å². The fourth-order valence-electron chi connectivity index (χ4n) is 1.09. The molecule has 0 saturated carbocycles. The van der Waals surface area contributed by atoms with Crippen molar-refractivity contribution in [3.8, 4) is 5.75 Å². The molecule has 0 radical (unpaired) electrons. The Morgan fingerprint density at radius 3 is 2.25 bits per heavy atom. The van der Waals surface area contributed by atoms with Gasteiger partial charge in [-0.05, 0) is 12.1 Å². The van der Waals surface area contributed by atoms with Crippen LogP contribution in [0.25, 0.3) is 10.9 Å². The van der Waals surface area contributed by atoms with E-state index in [-0.39, 0.29) is 23.1 Å². The summed E-state index contributed by atoms with van der Waals surface area (Å²) >= 11 is 0. The monoisotopic (exact) mass is 259 g/mol. The van der Waals surface area contributed by atoms with E-state index in [1.165, 1.54) is 0 Å². The van der Waals surface area contributed by atoms with Crippen LogP contribution in [0.2, 0.25) is 0 Å². The Morgan fingerprint density at radius 2 is 1.69 bits per heavy atom. The van der Waals surface area contributed by atoms with Crippen molar-refractivity contribution < 1.29 is 37.5 Å². The molecule has 0 aliphatic heterocycles. The van der Waals surface area contributed by atoms with Crippen molar-refractivity contribution in [2.24, 2.45) is 0 Å². The summed E-state index contributed by atoms with van der Waals surface area (Å²) in [5.41, 5.74) is 0.662. The van der Waals surface area contributed by atoms with Crippen LogP contribution < -0.4 is 0 Å². The fraction of sp³-hybridized carbons (Fsp3) is 0. The van der Waals surface area contributed by atoms with Gasteiger partial charge in [-0.1, -0.05) is 18.2 Å². The molecule has 0 fully saturated rings. The summed E-state index contributed by atoms with van der Waals surface area (Å²) in [4.78, 5) is 12.6. The van der Waals surface area contributed by atoms with Gasteiger partial charge in [0.1, 0.15) is 11.3 Å². The Kier molecular flexibility index (Phi) is 5.93. The number of hydrogen-bond donors (Lipinski definition) is 3. The molecule has 6 heteroatoms. The molecule has 16 heavy (non-hydrogen) atoms. The molecule has 0 aliphatic carbocycles. The molecule has 0 saturated heterocycles. The van der Waals surface area contributed by atoms with E-state index >= 15 is 0 Å². The molecule has 0 atom stereocenters. The van der Waals surface area contributed by atoms with Gasteiger partial charge in [0.25, 0.3) is 0 Å². The number of nitrogens with zero attached hydrogens (tertiary/aromatic N) is 1. The number of pyridine rings is 1. The molecular weight excluding hydrogens is 250 g/mol. The van der Waals surface area contributed by atoms with Crippen LogP contribution in [0.3, 0.4) is 0 Å². The summed E-state index contributed by atoms with van der Waals surface area (Å²) in [6, 6.07) is 9.13. The van der Waals surface area contributed by atoms with Gasteiger partial charge in [0.2, 0.25) is 0 Å². The quantitative estimate of drug-likeness (QED) is 0.674. The topological polar surface area (TPSA) is 90.7 Å². The number of fused-ring (bicyclic) bond motifs is 1. The average Bonchev–Trinajstić information content (AvgIpc) is 2.18. The normalized spacial score (nSPS) is 8.50. The Labute approximate surface area is 102 Å². The first-order valence-corrected chi connectivity index (χ1v) is 4.06. The third-order valence-electron chi connectivity index (χ3n) is 1.61. The van der Waals surface area contributed by atoms with Crippen LogP contribution in [0.1, 0.15) is 0 Å². The Morgan fingerprint density at radius 1 is 1.12 bits per heavy atom. The number of phenols is 1. The number of hydrogen-bond acceptors (Lipinski definition) is 3. The maximum atomic E-state index is 9.31. The molecule has 0 aliphatic rings. The molecular formula is C10H9CrNO4. The van der Waals surface area contributed by atoms with Gasteiger partial charge in [0.15, 0.2) is 0 Å². The first kappa shape index (κ1) is 14.2. The summed E-state index contributed by atoms with van der Waals surface area (Å²) in [5.74, 6) is 0.239. The van der Waals surface area contributed by atoms with E-state index in [2.05, 4.69) is 4.98 Å². The number of phenolic OH excluding ortho intramolecular Hbond substituents is 1. The van der Waals surface area contributed by atoms with Gasteiger partial charge in [-0.25, -0.2) is 4.79 Å². The molecule has 1 aromatic heterocycles. The standard InChI is InChI=1S/C9H7NO.CH2O3.Cr/c11-8-5-1-3-7-4-2-6-10-9(7)8;2-1(3)4;/h1-6,11H;(H2,2,3,4);. The number of carbonyl (C=O) groups is 1.